The van der Waals surface area contributed by atoms with Gasteiger partial charge in [0, 0.05) is 22.2 Å². The first-order valence-electron chi connectivity index (χ1n) is 11.7. The molecule has 3 atom stereocenters. The van der Waals surface area contributed by atoms with Crippen molar-refractivity contribution in [3.8, 4) is 0 Å². The Morgan fingerprint density at radius 3 is 2.50 bits per heavy atom. The van der Waals surface area contributed by atoms with E-state index in [2.05, 4.69) is 47.8 Å². The maximum atomic E-state index is 13.4. The van der Waals surface area contributed by atoms with Gasteiger partial charge in [0.15, 0.2) is 0 Å². The van der Waals surface area contributed by atoms with Gasteiger partial charge in [-0.3, -0.25) is 14.7 Å². The van der Waals surface area contributed by atoms with Gasteiger partial charge < -0.3 is 0 Å². The molecule has 2 unspecified atom stereocenters. The van der Waals surface area contributed by atoms with Gasteiger partial charge in [0.25, 0.3) is 5.56 Å². The average molecular weight is 505 g/mol. The van der Waals surface area contributed by atoms with Gasteiger partial charge >= 0.3 is 0 Å². The summed E-state index contributed by atoms with van der Waals surface area (Å²) in [5.74, 6) is 0.552. The highest BCUT2D eigenvalue weighted by Gasteiger charge is 2.50. The molecule has 3 aromatic carbocycles. The molecule has 34 heavy (non-hydrogen) atoms. The van der Waals surface area contributed by atoms with Gasteiger partial charge in [0.2, 0.25) is 0 Å². The summed E-state index contributed by atoms with van der Waals surface area (Å²) in [7, 11) is 0. The van der Waals surface area contributed by atoms with E-state index >= 15 is 0 Å². The molecule has 1 saturated carbocycles. The van der Waals surface area contributed by atoms with Crippen LogP contribution in [0.3, 0.4) is 0 Å². The van der Waals surface area contributed by atoms with Crippen LogP contribution in [0.25, 0.3) is 10.8 Å². The molecule has 7 rings (SSSR count). The molecule has 170 valence electrons. The Bertz CT molecular complexity index is 1500. The quantitative estimate of drug-likeness (QED) is 0.322. The molecule has 1 saturated heterocycles. The first-order valence-corrected chi connectivity index (χ1v) is 13.3. The minimum Gasteiger partial charge on any atom is -0.288 e. The molecule has 4 aromatic rings. The number of rotatable bonds is 4. The number of hydrogen-bond acceptors (Lipinski definition) is 3. The summed E-state index contributed by atoms with van der Waals surface area (Å²) in [4.78, 5) is 13.4. The summed E-state index contributed by atoms with van der Waals surface area (Å²) in [5.41, 5.74) is 5.02. The third-order valence-corrected chi connectivity index (χ3v) is 9.22. The summed E-state index contributed by atoms with van der Waals surface area (Å²) in [5, 5.41) is 8.81. The molecule has 2 aliphatic heterocycles. The van der Waals surface area contributed by atoms with Crippen molar-refractivity contribution in [1.82, 2.24) is 9.88 Å². The lowest BCUT2D eigenvalue weighted by Gasteiger charge is -2.41. The Hall–Kier alpha value is -2.24. The third-order valence-electron chi connectivity index (χ3n) is 7.34. The monoisotopic (exact) mass is 504 g/mol. The molecule has 1 aliphatic carbocycles. The van der Waals surface area contributed by atoms with Crippen LogP contribution in [0.2, 0.25) is 10.0 Å². The maximum absolute atomic E-state index is 13.4. The van der Waals surface area contributed by atoms with E-state index in [4.69, 9.17) is 23.2 Å². The van der Waals surface area contributed by atoms with E-state index in [9.17, 15) is 4.79 Å². The second-order valence-corrected chi connectivity index (χ2v) is 11.6. The molecule has 1 aromatic heterocycles. The highest BCUT2D eigenvalue weighted by atomic mass is 35.5. The fraction of sp³-hybridized carbons (Fsp3) is 0.250. The number of aromatic nitrogens is 1. The fourth-order valence-corrected chi connectivity index (χ4v) is 7.86. The van der Waals surface area contributed by atoms with Gasteiger partial charge in [-0.05, 0) is 76.4 Å². The van der Waals surface area contributed by atoms with Crippen molar-refractivity contribution in [1.29, 1.82) is 0 Å². The number of nitrogens with zero attached hydrogens (tertiary/aromatic N) is 1. The number of thioether (sulfide) groups is 1. The first-order chi connectivity index (χ1) is 16.6. The first kappa shape index (κ1) is 21.1. The Kier molecular flexibility index (Phi) is 4.89. The zero-order valence-corrected chi connectivity index (χ0v) is 20.6. The Morgan fingerprint density at radius 1 is 0.941 bits per heavy atom. The van der Waals surface area contributed by atoms with Crippen LogP contribution in [0.4, 0.5) is 0 Å². The highest BCUT2D eigenvalue weighted by molar-refractivity contribution is 8.00. The topological polar surface area (TPSA) is 34.0 Å². The van der Waals surface area contributed by atoms with Crippen molar-refractivity contribution in [2.75, 3.05) is 0 Å². The van der Waals surface area contributed by atoms with Crippen LogP contribution >= 0.6 is 35.0 Å². The predicted octanol–water partition coefficient (Wildman–Crippen LogP) is 7.09. The normalized spacial score (nSPS) is 22.9. The molecular formula is C28H22Cl2N2OS. The van der Waals surface area contributed by atoms with Crippen LogP contribution in [0.1, 0.15) is 53.2 Å². The summed E-state index contributed by atoms with van der Waals surface area (Å²) in [6.07, 6.45) is 3.20. The molecule has 3 nitrogen and oxygen atoms in total. The van der Waals surface area contributed by atoms with E-state index in [1.54, 1.807) is 6.07 Å². The molecule has 6 heteroatoms. The van der Waals surface area contributed by atoms with Crippen molar-refractivity contribution in [2.45, 2.75) is 47.7 Å². The van der Waals surface area contributed by atoms with Gasteiger partial charge in [-0.1, -0.05) is 77.4 Å². The van der Waals surface area contributed by atoms with E-state index in [1.807, 2.05) is 34.5 Å². The van der Waals surface area contributed by atoms with Crippen molar-refractivity contribution >= 4 is 45.7 Å². The van der Waals surface area contributed by atoms with E-state index in [1.165, 1.54) is 40.3 Å². The molecule has 0 radical (unpaired) electrons. The summed E-state index contributed by atoms with van der Waals surface area (Å²) in [6, 6.07) is 22.7. The molecule has 0 bridgehead atoms. The zero-order chi connectivity index (χ0) is 23.0. The standard InChI is InChI=1S/C28H22Cl2N2OS/c29-20-11-19(12-21(30)14-20)25-26-27(31-25)32-23(33)13-18(24(16-8-9-16)28(32)34-26)10-17-6-3-5-15-4-1-2-7-22(15)17/h1-7,11-14,16,25-27,31H,8-10H2/t25-,26?,27?/m0/s1. The second-order valence-electron chi connectivity index (χ2n) is 9.56. The van der Waals surface area contributed by atoms with Gasteiger partial charge in [-0.2, -0.15) is 0 Å². The molecule has 1 N–H and O–H groups in total. The van der Waals surface area contributed by atoms with Crippen molar-refractivity contribution < 1.29 is 0 Å². The van der Waals surface area contributed by atoms with E-state index in [0.29, 0.717) is 16.0 Å². The number of halogens is 2. The van der Waals surface area contributed by atoms with Crippen LogP contribution in [0, 0.1) is 0 Å². The van der Waals surface area contributed by atoms with Crippen LogP contribution in [0.15, 0.2) is 76.6 Å². The molecule has 0 spiro atoms. The van der Waals surface area contributed by atoms with Gasteiger partial charge in [-0.15, -0.1) is 0 Å². The van der Waals surface area contributed by atoms with Crippen LogP contribution < -0.4 is 10.9 Å². The van der Waals surface area contributed by atoms with Gasteiger partial charge in [0.1, 0.15) is 6.17 Å². The average Bonchev–Trinajstić information content (AvgIpc) is 3.58. The lowest BCUT2D eigenvalue weighted by atomic mass is 9.93. The summed E-state index contributed by atoms with van der Waals surface area (Å²) in [6.45, 7) is 0. The molecule has 0 amide bonds. The van der Waals surface area contributed by atoms with Gasteiger partial charge in [0.05, 0.1) is 10.3 Å². The smallest absolute Gasteiger partial charge is 0.253 e. The second kappa shape index (κ2) is 7.89. The summed E-state index contributed by atoms with van der Waals surface area (Å²) >= 11 is 14.4. The zero-order valence-electron chi connectivity index (χ0n) is 18.3. The van der Waals surface area contributed by atoms with Crippen molar-refractivity contribution in [3.63, 3.8) is 0 Å². The Morgan fingerprint density at radius 2 is 1.71 bits per heavy atom. The van der Waals surface area contributed by atoms with Crippen molar-refractivity contribution in [3.05, 3.63) is 109 Å². The van der Waals surface area contributed by atoms with Crippen LogP contribution in [-0.2, 0) is 6.42 Å². The maximum Gasteiger partial charge on any atom is 0.253 e. The van der Waals surface area contributed by atoms with E-state index < -0.39 is 0 Å². The Balaban J connectivity index is 1.29. The number of nitrogens with one attached hydrogen (secondary N) is 1. The number of fused-ring (bicyclic) bond motifs is 4. The van der Waals surface area contributed by atoms with Crippen LogP contribution in [-0.4, -0.2) is 9.82 Å². The number of benzene rings is 3. The molecule has 3 heterocycles. The lowest BCUT2D eigenvalue weighted by molar-refractivity contribution is 0.209. The Labute approximate surface area is 212 Å². The van der Waals surface area contributed by atoms with Crippen LogP contribution in [0.5, 0.6) is 0 Å². The number of hydrogen-bond donors (Lipinski definition) is 1. The lowest BCUT2D eigenvalue weighted by Crippen LogP contribution is -2.53. The van der Waals surface area contributed by atoms with E-state index in [0.717, 1.165) is 17.0 Å². The van der Waals surface area contributed by atoms with Crippen molar-refractivity contribution in [2.24, 2.45) is 0 Å². The largest absolute Gasteiger partial charge is 0.288 e. The number of pyridine rings is 1. The fourth-order valence-electron chi connectivity index (χ4n) is 5.61. The molecule has 2 fully saturated rings. The summed E-state index contributed by atoms with van der Waals surface area (Å²) < 4.78 is 2.00. The minimum atomic E-state index is 0.0133. The SMILES string of the molecule is O=c1cc(Cc2cccc3ccccc23)c(C2CC2)c2n1C1N[C@@H](c3cc(Cl)cc(Cl)c3)C1S2. The molecule has 3 aliphatic rings. The van der Waals surface area contributed by atoms with Gasteiger partial charge in [-0.25, -0.2) is 0 Å². The third kappa shape index (κ3) is 3.35. The molecular weight excluding hydrogens is 483 g/mol. The van der Waals surface area contributed by atoms with E-state index in [-0.39, 0.29) is 23.0 Å². The highest BCUT2D eigenvalue weighted by Crippen LogP contribution is 2.56. The predicted molar refractivity (Wildman–Crippen MR) is 140 cm³/mol. The minimum absolute atomic E-state index is 0.0133.